The molecule has 3 aromatic heterocycles. The van der Waals surface area contributed by atoms with E-state index in [0.717, 1.165) is 30.5 Å². The van der Waals surface area contributed by atoms with Gasteiger partial charge in [-0.15, -0.1) is 0 Å². The second-order valence-electron chi connectivity index (χ2n) is 8.12. The number of pyridine rings is 1. The fourth-order valence-corrected chi connectivity index (χ4v) is 4.22. The van der Waals surface area contributed by atoms with Crippen molar-refractivity contribution in [2.24, 2.45) is 5.92 Å². The second-order valence-corrected chi connectivity index (χ2v) is 8.12. The predicted octanol–water partition coefficient (Wildman–Crippen LogP) is 2.32. The van der Waals surface area contributed by atoms with Crippen molar-refractivity contribution in [3.8, 4) is 0 Å². The lowest BCUT2D eigenvalue weighted by Gasteiger charge is -2.31. The average Bonchev–Trinajstić information content (AvgIpc) is 3.05. The first kappa shape index (κ1) is 20.9. The van der Waals surface area contributed by atoms with Gasteiger partial charge in [-0.05, 0) is 44.6 Å². The van der Waals surface area contributed by atoms with Crippen molar-refractivity contribution in [3.63, 3.8) is 0 Å². The van der Waals surface area contributed by atoms with Gasteiger partial charge in [-0.3, -0.25) is 4.79 Å². The van der Waals surface area contributed by atoms with Gasteiger partial charge in [0.05, 0.1) is 18.4 Å². The highest BCUT2D eigenvalue weighted by atomic mass is 16.3. The molecular formula is C22H27N7O2. The summed E-state index contributed by atoms with van der Waals surface area (Å²) in [6.07, 6.45) is 4.33. The van der Waals surface area contributed by atoms with E-state index in [2.05, 4.69) is 20.2 Å². The summed E-state index contributed by atoms with van der Waals surface area (Å²) in [4.78, 5) is 21.0. The Kier molecular flexibility index (Phi) is 5.65. The van der Waals surface area contributed by atoms with Gasteiger partial charge < -0.3 is 20.7 Å². The summed E-state index contributed by atoms with van der Waals surface area (Å²) in [5.41, 5.74) is 9.61. The van der Waals surface area contributed by atoms with Gasteiger partial charge in [0, 0.05) is 30.4 Å². The summed E-state index contributed by atoms with van der Waals surface area (Å²) in [6, 6.07) is 3.70. The Morgan fingerprint density at radius 1 is 1.42 bits per heavy atom. The predicted molar refractivity (Wildman–Crippen MR) is 119 cm³/mol. The van der Waals surface area contributed by atoms with Crippen LogP contribution in [-0.2, 0) is 19.4 Å². The molecule has 31 heavy (non-hydrogen) atoms. The van der Waals surface area contributed by atoms with Crippen molar-refractivity contribution in [2.45, 2.75) is 52.2 Å². The Labute approximate surface area is 180 Å². The number of nitrogens with one attached hydrogen (secondary N) is 1. The van der Waals surface area contributed by atoms with Crippen LogP contribution in [0.4, 0.5) is 17.3 Å². The highest BCUT2D eigenvalue weighted by Crippen LogP contribution is 2.32. The van der Waals surface area contributed by atoms with E-state index in [0.29, 0.717) is 42.5 Å². The molecule has 0 atom stereocenters. The van der Waals surface area contributed by atoms with Gasteiger partial charge in [0.15, 0.2) is 5.65 Å². The van der Waals surface area contributed by atoms with E-state index in [1.165, 1.54) is 4.52 Å². The normalized spacial score (nSPS) is 18.0. The first-order valence-corrected chi connectivity index (χ1v) is 10.6. The summed E-state index contributed by atoms with van der Waals surface area (Å²) >= 11 is 0. The number of anilines is 2. The van der Waals surface area contributed by atoms with Crippen LogP contribution < -0.4 is 16.6 Å². The van der Waals surface area contributed by atoms with Crippen LogP contribution in [0, 0.1) is 19.4 Å². The molecule has 3 heterocycles. The maximum Gasteiger partial charge on any atom is 0.268 e. The quantitative estimate of drug-likeness (QED) is 0.505. The van der Waals surface area contributed by atoms with Gasteiger partial charge in [-0.25, -0.2) is 14.3 Å². The zero-order valence-corrected chi connectivity index (χ0v) is 17.8. The van der Waals surface area contributed by atoms with E-state index < -0.39 is 0 Å². The number of aryl methyl sites for hydroxylation is 2. The Balaban J connectivity index is 1.52. The van der Waals surface area contributed by atoms with Crippen LogP contribution in [0.2, 0.25) is 0 Å². The molecule has 0 radical (unpaired) electrons. The molecule has 1 fully saturated rings. The van der Waals surface area contributed by atoms with Crippen molar-refractivity contribution >= 4 is 23.0 Å². The molecule has 4 rings (SSSR count). The third-order valence-corrected chi connectivity index (χ3v) is 5.99. The molecule has 0 bridgehead atoms. The van der Waals surface area contributed by atoms with E-state index in [1.54, 1.807) is 10.8 Å². The Morgan fingerprint density at radius 2 is 2.19 bits per heavy atom. The molecule has 0 amide bonds. The molecule has 1 aliphatic carbocycles. The third-order valence-electron chi connectivity index (χ3n) is 5.99. The van der Waals surface area contributed by atoms with Gasteiger partial charge in [-0.2, -0.15) is 5.10 Å². The molecule has 0 aliphatic heterocycles. The number of aromatic nitrogens is 4. The standard InChI is InChI=1S/C22H27N7O2/c1-4-17-13(2)27-29-19(23)18(24-3)20(26-21(17)29)25-8-7-15-6-5-9-28(22(15)31)12-14-10-16(30)11-14/h5-6,9,14,16,30H,4,7-8,10-12,23H2,1-2H3,(H,25,26). The summed E-state index contributed by atoms with van der Waals surface area (Å²) in [5, 5.41) is 17.1. The minimum atomic E-state index is -0.227. The number of nitrogens with two attached hydrogens (primary N) is 1. The first-order chi connectivity index (χ1) is 14.9. The van der Waals surface area contributed by atoms with Gasteiger partial charge in [0.2, 0.25) is 0 Å². The molecule has 9 nitrogen and oxygen atoms in total. The number of hydrogen-bond acceptors (Lipinski definition) is 6. The van der Waals surface area contributed by atoms with Gasteiger partial charge >= 0.3 is 0 Å². The van der Waals surface area contributed by atoms with Crippen LogP contribution in [0.5, 0.6) is 0 Å². The first-order valence-electron chi connectivity index (χ1n) is 10.6. The molecule has 0 spiro atoms. The Morgan fingerprint density at radius 3 is 2.87 bits per heavy atom. The molecule has 0 unspecified atom stereocenters. The highest BCUT2D eigenvalue weighted by molar-refractivity contribution is 5.80. The van der Waals surface area contributed by atoms with E-state index in [9.17, 15) is 9.90 Å². The molecular weight excluding hydrogens is 394 g/mol. The molecule has 0 saturated heterocycles. The minimum Gasteiger partial charge on any atom is -0.393 e. The number of rotatable bonds is 7. The molecule has 0 aromatic carbocycles. The van der Waals surface area contributed by atoms with E-state index in [-0.39, 0.29) is 23.2 Å². The van der Waals surface area contributed by atoms with Crippen LogP contribution in [0.3, 0.4) is 0 Å². The monoisotopic (exact) mass is 421 g/mol. The number of fused-ring (bicyclic) bond motifs is 1. The van der Waals surface area contributed by atoms with Crippen molar-refractivity contribution in [3.05, 3.63) is 56.9 Å². The number of nitrogen functional groups attached to an aromatic ring is 1. The second kappa shape index (κ2) is 8.40. The summed E-state index contributed by atoms with van der Waals surface area (Å²) in [5.74, 6) is 1.03. The smallest absolute Gasteiger partial charge is 0.268 e. The van der Waals surface area contributed by atoms with E-state index in [1.807, 2.05) is 26.0 Å². The van der Waals surface area contributed by atoms with E-state index >= 15 is 0 Å². The summed E-state index contributed by atoms with van der Waals surface area (Å²) < 4.78 is 3.25. The van der Waals surface area contributed by atoms with Crippen molar-refractivity contribution < 1.29 is 5.11 Å². The molecule has 1 aliphatic rings. The number of aliphatic hydroxyl groups is 1. The zero-order chi connectivity index (χ0) is 22.1. The number of nitrogens with zero attached hydrogens (tertiary/aromatic N) is 5. The maximum atomic E-state index is 12.8. The minimum absolute atomic E-state index is 0.0151. The number of hydrogen-bond donors (Lipinski definition) is 3. The fraction of sp³-hybridized carbons (Fsp3) is 0.455. The number of aliphatic hydroxyl groups excluding tert-OH is 1. The summed E-state index contributed by atoms with van der Waals surface area (Å²) in [7, 11) is 0. The van der Waals surface area contributed by atoms with Crippen LogP contribution in [-0.4, -0.2) is 36.9 Å². The lowest BCUT2D eigenvalue weighted by Crippen LogP contribution is -2.35. The fourth-order valence-electron chi connectivity index (χ4n) is 4.22. The van der Waals surface area contributed by atoms with Crippen LogP contribution in [0.25, 0.3) is 10.5 Å². The summed E-state index contributed by atoms with van der Waals surface area (Å²) in [6.45, 7) is 12.5. The highest BCUT2D eigenvalue weighted by Gasteiger charge is 2.27. The van der Waals surface area contributed by atoms with Crippen molar-refractivity contribution in [2.75, 3.05) is 17.6 Å². The van der Waals surface area contributed by atoms with Crippen LogP contribution >= 0.6 is 0 Å². The molecule has 4 N–H and O–H groups in total. The van der Waals surface area contributed by atoms with Gasteiger partial charge in [0.1, 0.15) is 11.6 Å². The zero-order valence-electron chi connectivity index (χ0n) is 17.8. The lowest BCUT2D eigenvalue weighted by molar-refractivity contribution is 0.0347. The largest absolute Gasteiger partial charge is 0.393 e. The van der Waals surface area contributed by atoms with Crippen LogP contribution in [0.15, 0.2) is 23.1 Å². The third kappa shape index (κ3) is 3.86. The van der Waals surface area contributed by atoms with Crippen molar-refractivity contribution in [1.29, 1.82) is 0 Å². The molecule has 3 aromatic rings. The van der Waals surface area contributed by atoms with E-state index in [4.69, 9.17) is 12.3 Å². The average molecular weight is 422 g/mol. The SMILES string of the molecule is [C-]#[N+]c1c(NCCc2cccn(CC3CC(O)C3)c2=O)nc2c(CC)c(C)nn2c1N. The molecule has 9 heteroatoms. The van der Waals surface area contributed by atoms with Crippen LogP contribution in [0.1, 0.15) is 36.6 Å². The Hall–Kier alpha value is -3.38. The Bertz CT molecular complexity index is 1220. The molecule has 1 saturated carbocycles. The van der Waals surface area contributed by atoms with Gasteiger partial charge in [-0.1, -0.05) is 13.0 Å². The lowest BCUT2D eigenvalue weighted by atomic mass is 9.82. The van der Waals surface area contributed by atoms with Gasteiger partial charge in [0.25, 0.3) is 11.2 Å². The maximum absolute atomic E-state index is 12.8. The molecule has 162 valence electrons. The van der Waals surface area contributed by atoms with Crippen molar-refractivity contribution in [1.82, 2.24) is 19.2 Å². The topological polar surface area (TPSA) is 115 Å².